The summed E-state index contributed by atoms with van der Waals surface area (Å²) in [5.41, 5.74) is 2.85. The highest BCUT2D eigenvalue weighted by Crippen LogP contribution is 2.38. The van der Waals surface area contributed by atoms with E-state index in [2.05, 4.69) is 24.9 Å². The van der Waals surface area contributed by atoms with Gasteiger partial charge in [0.25, 0.3) is 0 Å². The average Bonchev–Trinajstić information content (AvgIpc) is 2.41. The SMILES string of the molecule is CC1Cc2cccc(C(C)(C)O)c2N1C. The summed E-state index contributed by atoms with van der Waals surface area (Å²) >= 11 is 0. The summed E-state index contributed by atoms with van der Waals surface area (Å²) in [7, 11) is 2.10. The highest BCUT2D eigenvalue weighted by Gasteiger charge is 2.30. The zero-order chi connectivity index (χ0) is 11.2. The first-order chi connectivity index (χ1) is 6.91. The lowest BCUT2D eigenvalue weighted by Crippen LogP contribution is -2.27. The molecule has 2 rings (SSSR count). The quantitative estimate of drug-likeness (QED) is 0.760. The molecule has 1 aromatic rings. The van der Waals surface area contributed by atoms with Crippen LogP contribution in [0.3, 0.4) is 0 Å². The fourth-order valence-electron chi connectivity index (χ4n) is 2.34. The smallest absolute Gasteiger partial charge is 0.0860 e. The predicted octanol–water partition coefficient (Wildman–Crippen LogP) is 2.29. The third-order valence-corrected chi connectivity index (χ3v) is 3.31. The van der Waals surface area contributed by atoms with Crippen LogP contribution < -0.4 is 4.90 Å². The minimum Gasteiger partial charge on any atom is -0.386 e. The Balaban J connectivity index is 2.57. The summed E-state index contributed by atoms with van der Waals surface area (Å²) in [6.45, 7) is 5.91. The highest BCUT2D eigenvalue weighted by molar-refractivity contribution is 5.65. The van der Waals surface area contributed by atoms with Gasteiger partial charge < -0.3 is 10.0 Å². The molecule has 1 heterocycles. The topological polar surface area (TPSA) is 23.5 Å². The molecule has 1 atom stereocenters. The van der Waals surface area contributed by atoms with Crippen molar-refractivity contribution in [2.24, 2.45) is 0 Å². The van der Waals surface area contributed by atoms with Crippen LogP contribution in [0.2, 0.25) is 0 Å². The maximum atomic E-state index is 10.1. The fraction of sp³-hybridized carbons (Fsp3) is 0.538. The predicted molar refractivity (Wildman–Crippen MR) is 63.3 cm³/mol. The Morgan fingerprint density at radius 1 is 1.40 bits per heavy atom. The Morgan fingerprint density at radius 3 is 2.67 bits per heavy atom. The van der Waals surface area contributed by atoms with Gasteiger partial charge in [-0.25, -0.2) is 0 Å². The van der Waals surface area contributed by atoms with Gasteiger partial charge in [0, 0.05) is 24.3 Å². The zero-order valence-corrected chi connectivity index (χ0v) is 9.91. The molecule has 0 saturated heterocycles. The number of likely N-dealkylation sites (N-methyl/N-ethyl adjacent to an activating group) is 1. The maximum absolute atomic E-state index is 10.1. The van der Waals surface area contributed by atoms with E-state index in [9.17, 15) is 5.11 Å². The molecule has 0 amide bonds. The number of anilines is 1. The summed E-state index contributed by atoms with van der Waals surface area (Å²) < 4.78 is 0. The molecule has 15 heavy (non-hydrogen) atoms. The summed E-state index contributed by atoms with van der Waals surface area (Å²) in [4.78, 5) is 2.27. The van der Waals surface area contributed by atoms with E-state index in [0.717, 1.165) is 12.0 Å². The molecule has 0 spiro atoms. The lowest BCUT2D eigenvalue weighted by molar-refractivity contribution is 0.0791. The Morgan fingerprint density at radius 2 is 2.07 bits per heavy atom. The van der Waals surface area contributed by atoms with E-state index in [-0.39, 0.29) is 0 Å². The van der Waals surface area contributed by atoms with Crippen LogP contribution in [0.4, 0.5) is 5.69 Å². The van der Waals surface area contributed by atoms with Gasteiger partial charge in [-0.1, -0.05) is 18.2 Å². The van der Waals surface area contributed by atoms with Crippen LogP contribution in [-0.2, 0) is 12.0 Å². The Hall–Kier alpha value is -1.02. The second kappa shape index (κ2) is 3.24. The molecule has 0 aliphatic carbocycles. The van der Waals surface area contributed by atoms with E-state index < -0.39 is 5.60 Å². The van der Waals surface area contributed by atoms with Crippen LogP contribution in [0.15, 0.2) is 18.2 Å². The molecule has 1 unspecified atom stereocenters. The summed E-state index contributed by atoms with van der Waals surface area (Å²) in [5, 5.41) is 10.1. The van der Waals surface area contributed by atoms with Crippen molar-refractivity contribution in [3.05, 3.63) is 29.3 Å². The average molecular weight is 205 g/mol. The van der Waals surface area contributed by atoms with Crippen LogP contribution in [0, 0.1) is 0 Å². The maximum Gasteiger partial charge on any atom is 0.0860 e. The zero-order valence-electron chi connectivity index (χ0n) is 9.91. The lowest BCUT2D eigenvalue weighted by Gasteiger charge is -2.27. The number of para-hydroxylation sites is 1. The second-order valence-electron chi connectivity index (χ2n) is 5.04. The Bertz CT molecular complexity index is 379. The van der Waals surface area contributed by atoms with Crippen molar-refractivity contribution in [1.82, 2.24) is 0 Å². The molecule has 0 fully saturated rings. The third-order valence-electron chi connectivity index (χ3n) is 3.31. The van der Waals surface area contributed by atoms with Gasteiger partial charge >= 0.3 is 0 Å². The number of fused-ring (bicyclic) bond motifs is 1. The van der Waals surface area contributed by atoms with E-state index in [1.54, 1.807) is 0 Å². The lowest BCUT2D eigenvalue weighted by atomic mass is 9.94. The van der Waals surface area contributed by atoms with Crippen LogP contribution in [0.5, 0.6) is 0 Å². The molecule has 1 N–H and O–H groups in total. The van der Waals surface area contributed by atoms with Crippen molar-refractivity contribution in [3.8, 4) is 0 Å². The van der Waals surface area contributed by atoms with E-state index in [0.29, 0.717) is 6.04 Å². The summed E-state index contributed by atoms with van der Waals surface area (Å²) in [5.74, 6) is 0. The van der Waals surface area contributed by atoms with Crippen molar-refractivity contribution in [1.29, 1.82) is 0 Å². The van der Waals surface area contributed by atoms with Gasteiger partial charge in [0.2, 0.25) is 0 Å². The first-order valence-corrected chi connectivity index (χ1v) is 5.49. The minimum atomic E-state index is -0.760. The molecule has 1 aliphatic heterocycles. The molecular weight excluding hydrogens is 186 g/mol. The first-order valence-electron chi connectivity index (χ1n) is 5.49. The van der Waals surface area contributed by atoms with Gasteiger partial charge in [0.1, 0.15) is 0 Å². The van der Waals surface area contributed by atoms with Gasteiger partial charge in [-0.2, -0.15) is 0 Å². The Labute approximate surface area is 91.5 Å². The molecule has 1 aromatic carbocycles. The fourth-order valence-corrected chi connectivity index (χ4v) is 2.34. The van der Waals surface area contributed by atoms with E-state index in [1.165, 1.54) is 11.3 Å². The van der Waals surface area contributed by atoms with Crippen LogP contribution in [0.25, 0.3) is 0 Å². The van der Waals surface area contributed by atoms with Gasteiger partial charge in [0.15, 0.2) is 0 Å². The Kier molecular flexibility index (Phi) is 2.27. The van der Waals surface area contributed by atoms with Crippen LogP contribution in [-0.4, -0.2) is 18.2 Å². The molecule has 0 bridgehead atoms. The minimum absolute atomic E-state index is 0.531. The molecular formula is C13H19NO. The van der Waals surface area contributed by atoms with Gasteiger partial charge in [-0.3, -0.25) is 0 Å². The van der Waals surface area contributed by atoms with Crippen LogP contribution in [0.1, 0.15) is 31.9 Å². The van der Waals surface area contributed by atoms with Gasteiger partial charge in [-0.15, -0.1) is 0 Å². The van der Waals surface area contributed by atoms with E-state index in [1.807, 2.05) is 26.0 Å². The van der Waals surface area contributed by atoms with Gasteiger partial charge in [0.05, 0.1) is 5.60 Å². The van der Waals surface area contributed by atoms with Crippen molar-refractivity contribution in [2.45, 2.75) is 38.8 Å². The monoisotopic (exact) mass is 205 g/mol. The molecule has 82 valence electrons. The molecule has 0 radical (unpaired) electrons. The number of nitrogens with zero attached hydrogens (tertiary/aromatic N) is 1. The number of aliphatic hydroxyl groups is 1. The molecule has 0 saturated carbocycles. The number of rotatable bonds is 1. The van der Waals surface area contributed by atoms with Crippen molar-refractivity contribution >= 4 is 5.69 Å². The van der Waals surface area contributed by atoms with E-state index in [4.69, 9.17) is 0 Å². The highest BCUT2D eigenvalue weighted by atomic mass is 16.3. The number of hydrogen-bond acceptors (Lipinski definition) is 2. The third kappa shape index (κ3) is 1.63. The van der Waals surface area contributed by atoms with Crippen molar-refractivity contribution < 1.29 is 5.11 Å². The van der Waals surface area contributed by atoms with Crippen LogP contribution >= 0.6 is 0 Å². The summed E-state index contributed by atoms with van der Waals surface area (Å²) in [6.07, 6.45) is 1.08. The molecule has 0 aromatic heterocycles. The summed E-state index contributed by atoms with van der Waals surface area (Å²) in [6, 6.07) is 6.75. The van der Waals surface area contributed by atoms with E-state index >= 15 is 0 Å². The number of hydrogen-bond donors (Lipinski definition) is 1. The normalized spacial score (nSPS) is 20.6. The first kappa shape index (κ1) is 10.5. The van der Waals surface area contributed by atoms with Crippen molar-refractivity contribution in [2.75, 3.05) is 11.9 Å². The molecule has 1 aliphatic rings. The van der Waals surface area contributed by atoms with Crippen molar-refractivity contribution in [3.63, 3.8) is 0 Å². The largest absolute Gasteiger partial charge is 0.386 e. The second-order valence-corrected chi connectivity index (χ2v) is 5.04. The standard InChI is InChI=1S/C13H19NO/c1-9-8-10-6-5-7-11(13(2,3)15)12(10)14(9)4/h5-7,9,15H,8H2,1-4H3. The molecule has 2 heteroatoms. The van der Waals surface area contributed by atoms with Gasteiger partial charge in [-0.05, 0) is 32.8 Å². The number of benzene rings is 1. The molecule has 2 nitrogen and oxygen atoms in total.